The van der Waals surface area contributed by atoms with Crippen molar-refractivity contribution in [3.05, 3.63) is 33.9 Å². The monoisotopic (exact) mass is 224 g/mol. The number of hydrogen-bond acceptors (Lipinski definition) is 4. The number of carboxylic acid groups (broad SMARTS) is 1. The van der Waals surface area contributed by atoms with Gasteiger partial charge in [0.05, 0.1) is 12.7 Å². The first kappa shape index (κ1) is 12.0. The van der Waals surface area contributed by atoms with Gasteiger partial charge in [-0.3, -0.25) is 0 Å². The van der Waals surface area contributed by atoms with Crippen LogP contribution in [0.1, 0.15) is 18.2 Å². The quantitative estimate of drug-likeness (QED) is 0.786. The van der Waals surface area contributed by atoms with Crippen molar-refractivity contribution >= 4 is 11.5 Å². The van der Waals surface area contributed by atoms with Crippen LogP contribution < -0.4 is 10.4 Å². The van der Waals surface area contributed by atoms with Crippen molar-refractivity contribution < 1.29 is 19.1 Å². The Morgan fingerprint density at radius 3 is 2.69 bits per heavy atom. The van der Waals surface area contributed by atoms with Crippen LogP contribution >= 0.6 is 0 Å². The van der Waals surface area contributed by atoms with E-state index >= 15 is 0 Å². The molecule has 0 amide bonds. The Bertz CT molecular complexity index is 496. The number of allylic oxidation sites excluding steroid dienone is 1. The van der Waals surface area contributed by atoms with Crippen LogP contribution in [0.15, 0.2) is 21.4 Å². The van der Waals surface area contributed by atoms with E-state index in [9.17, 15) is 9.59 Å². The molecule has 0 saturated heterocycles. The highest BCUT2D eigenvalue weighted by Gasteiger charge is 2.10. The lowest BCUT2D eigenvalue weighted by Crippen LogP contribution is -2.07. The number of methoxy groups -OCH3 is 1. The molecule has 86 valence electrons. The number of aliphatic carboxylic acids is 1. The summed E-state index contributed by atoms with van der Waals surface area (Å²) in [6.45, 7) is 3.12. The molecule has 1 heterocycles. The summed E-state index contributed by atoms with van der Waals surface area (Å²) in [6, 6.07) is 1.49. The van der Waals surface area contributed by atoms with E-state index in [-0.39, 0.29) is 5.76 Å². The van der Waals surface area contributed by atoms with Gasteiger partial charge in [0.2, 0.25) is 0 Å². The predicted molar refractivity (Wildman–Crippen MR) is 57.6 cm³/mol. The number of carbonyl (C=O) groups is 1. The molecule has 5 nitrogen and oxygen atoms in total. The van der Waals surface area contributed by atoms with Crippen molar-refractivity contribution in [3.8, 4) is 5.75 Å². The molecule has 0 aliphatic heterocycles. The number of rotatable bonds is 3. The summed E-state index contributed by atoms with van der Waals surface area (Å²) >= 11 is 0. The second-order valence-electron chi connectivity index (χ2n) is 3.26. The zero-order valence-electron chi connectivity index (χ0n) is 9.23. The highest BCUT2D eigenvalue weighted by molar-refractivity contribution is 5.88. The molecule has 0 aliphatic rings. The van der Waals surface area contributed by atoms with Gasteiger partial charge in [0.1, 0.15) is 11.5 Å². The smallest absolute Gasteiger partial charge is 0.342 e. The van der Waals surface area contributed by atoms with Gasteiger partial charge in [-0.2, -0.15) is 0 Å². The fourth-order valence-electron chi connectivity index (χ4n) is 1.20. The summed E-state index contributed by atoms with van der Waals surface area (Å²) in [5, 5.41) is 8.57. The maximum Gasteiger partial charge on any atom is 0.342 e. The van der Waals surface area contributed by atoms with Crippen molar-refractivity contribution in [1.29, 1.82) is 0 Å². The lowest BCUT2D eigenvalue weighted by Gasteiger charge is -2.05. The molecular weight excluding hydrogens is 212 g/mol. The predicted octanol–water partition coefficient (Wildman–Crippen LogP) is 1.44. The van der Waals surface area contributed by atoms with Gasteiger partial charge in [-0.15, -0.1) is 0 Å². The second kappa shape index (κ2) is 4.65. The summed E-state index contributed by atoms with van der Waals surface area (Å²) in [7, 11) is 1.43. The lowest BCUT2D eigenvalue weighted by atomic mass is 10.2. The van der Waals surface area contributed by atoms with E-state index in [1.807, 2.05) is 0 Å². The highest BCUT2D eigenvalue weighted by atomic mass is 16.5. The average molecular weight is 224 g/mol. The van der Waals surface area contributed by atoms with Crippen molar-refractivity contribution in [1.82, 2.24) is 0 Å². The van der Waals surface area contributed by atoms with Crippen LogP contribution in [0.25, 0.3) is 5.57 Å². The molecule has 5 heteroatoms. The second-order valence-corrected chi connectivity index (χ2v) is 3.26. The van der Waals surface area contributed by atoms with Crippen molar-refractivity contribution in [2.24, 2.45) is 0 Å². The van der Waals surface area contributed by atoms with Crippen LogP contribution in [0.2, 0.25) is 0 Å². The first-order chi connectivity index (χ1) is 7.45. The molecule has 0 atom stereocenters. The molecular formula is C11H12O5. The summed E-state index contributed by atoms with van der Waals surface area (Å²) in [6.07, 6.45) is 0.965. The zero-order valence-corrected chi connectivity index (χ0v) is 9.23. The molecule has 0 bridgehead atoms. The first-order valence-corrected chi connectivity index (χ1v) is 4.56. The maximum atomic E-state index is 11.4. The Hall–Kier alpha value is -2.04. The Kier molecular flexibility index (Phi) is 3.50. The van der Waals surface area contributed by atoms with Crippen molar-refractivity contribution in [2.45, 2.75) is 13.8 Å². The van der Waals surface area contributed by atoms with Gasteiger partial charge in [-0.05, 0) is 19.4 Å². The summed E-state index contributed by atoms with van der Waals surface area (Å²) in [4.78, 5) is 21.9. The fourth-order valence-corrected chi connectivity index (χ4v) is 1.20. The van der Waals surface area contributed by atoms with Gasteiger partial charge < -0.3 is 14.3 Å². The summed E-state index contributed by atoms with van der Waals surface area (Å²) in [5.41, 5.74) is 0.171. The van der Waals surface area contributed by atoms with E-state index in [0.717, 1.165) is 6.08 Å². The topological polar surface area (TPSA) is 76.7 Å². The zero-order chi connectivity index (χ0) is 12.3. The Morgan fingerprint density at radius 1 is 1.56 bits per heavy atom. The van der Waals surface area contributed by atoms with Crippen LogP contribution in [-0.4, -0.2) is 18.2 Å². The minimum atomic E-state index is -1.10. The molecule has 0 saturated carbocycles. The summed E-state index contributed by atoms with van der Waals surface area (Å²) < 4.78 is 9.93. The molecule has 0 radical (unpaired) electrons. The van der Waals surface area contributed by atoms with Gasteiger partial charge in [-0.1, -0.05) is 0 Å². The molecule has 0 fully saturated rings. The maximum absolute atomic E-state index is 11.4. The van der Waals surface area contributed by atoms with Gasteiger partial charge in [0.25, 0.3) is 0 Å². The lowest BCUT2D eigenvalue weighted by molar-refractivity contribution is -0.131. The van der Waals surface area contributed by atoms with Gasteiger partial charge in [-0.25, -0.2) is 9.59 Å². The van der Waals surface area contributed by atoms with E-state index in [4.69, 9.17) is 14.3 Å². The third-order valence-electron chi connectivity index (χ3n) is 2.09. The number of hydrogen-bond donors (Lipinski definition) is 1. The van der Waals surface area contributed by atoms with E-state index in [1.165, 1.54) is 13.2 Å². The van der Waals surface area contributed by atoms with Crippen molar-refractivity contribution in [2.75, 3.05) is 7.11 Å². The SMILES string of the molecule is COc1cc(/C(C)=C/C(=O)O)oc(=O)c1C. The third kappa shape index (κ3) is 2.50. The minimum Gasteiger partial charge on any atom is -0.496 e. The first-order valence-electron chi connectivity index (χ1n) is 4.56. The van der Waals surface area contributed by atoms with E-state index in [2.05, 4.69) is 0 Å². The molecule has 1 N–H and O–H groups in total. The molecule has 1 aromatic heterocycles. The number of carboxylic acids is 1. The molecule has 0 unspecified atom stereocenters. The van der Waals surface area contributed by atoms with Crippen LogP contribution in [-0.2, 0) is 4.79 Å². The van der Waals surface area contributed by atoms with E-state index in [0.29, 0.717) is 16.9 Å². The summed E-state index contributed by atoms with van der Waals surface area (Å²) in [5.74, 6) is -0.529. The standard InChI is InChI=1S/C11H12O5/c1-6(4-10(12)13)8-5-9(15-3)7(2)11(14)16-8/h4-5H,1-3H3,(H,12,13)/b6-4+. The average Bonchev–Trinajstić information content (AvgIpc) is 2.20. The third-order valence-corrected chi connectivity index (χ3v) is 2.09. The van der Waals surface area contributed by atoms with Crippen molar-refractivity contribution in [3.63, 3.8) is 0 Å². The normalized spacial score (nSPS) is 11.3. The van der Waals surface area contributed by atoms with Crippen LogP contribution in [0, 0.1) is 6.92 Å². The van der Waals surface area contributed by atoms with Gasteiger partial charge >= 0.3 is 11.6 Å². The highest BCUT2D eigenvalue weighted by Crippen LogP contribution is 2.20. The van der Waals surface area contributed by atoms with Gasteiger partial charge in [0.15, 0.2) is 0 Å². The van der Waals surface area contributed by atoms with Crippen LogP contribution in [0.3, 0.4) is 0 Å². The molecule has 1 rings (SSSR count). The Labute approximate surface area is 92.0 Å². The molecule has 0 spiro atoms. The van der Waals surface area contributed by atoms with E-state index < -0.39 is 11.6 Å². The Morgan fingerprint density at radius 2 is 2.19 bits per heavy atom. The molecule has 16 heavy (non-hydrogen) atoms. The molecule has 0 aromatic carbocycles. The number of ether oxygens (including phenoxy) is 1. The molecule has 1 aromatic rings. The molecule has 0 aliphatic carbocycles. The van der Waals surface area contributed by atoms with Crippen LogP contribution in [0.4, 0.5) is 0 Å². The largest absolute Gasteiger partial charge is 0.496 e. The minimum absolute atomic E-state index is 0.190. The van der Waals surface area contributed by atoms with Crippen LogP contribution in [0.5, 0.6) is 5.75 Å². The Balaban J connectivity index is 3.32. The fraction of sp³-hybridized carbons (Fsp3) is 0.273. The van der Waals surface area contributed by atoms with E-state index in [1.54, 1.807) is 13.8 Å². The van der Waals surface area contributed by atoms with Gasteiger partial charge in [0, 0.05) is 12.1 Å².